The van der Waals surface area contributed by atoms with Gasteiger partial charge in [0.1, 0.15) is 5.82 Å². The van der Waals surface area contributed by atoms with E-state index >= 15 is 0 Å². The molecule has 0 aliphatic heterocycles. The number of nitrogens with zero attached hydrogens (tertiary/aromatic N) is 2. The minimum atomic E-state index is -0.327. The van der Waals surface area contributed by atoms with Crippen molar-refractivity contribution in [2.24, 2.45) is 0 Å². The normalized spacial score (nSPS) is 10.7. The van der Waals surface area contributed by atoms with Crippen LogP contribution in [0.15, 0.2) is 26.9 Å². The Hall–Kier alpha value is -1.12. The standard InChI is InChI=1S/C14H16FN3OS3/c1-3-6-20-13-17-18-14(22-13)21-8-12(19)16-10-5-4-9(2)11(15)7-10/h4-5,7H,3,6,8H2,1-2H3,(H,16,19). The topological polar surface area (TPSA) is 54.9 Å². The van der Waals surface area contributed by atoms with Gasteiger partial charge in [0.2, 0.25) is 5.91 Å². The van der Waals surface area contributed by atoms with Crippen molar-refractivity contribution in [2.45, 2.75) is 28.9 Å². The summed E-state index contributed by atoms with van der Waals surface area (Å²) in [7, 11) is 0. The van der Waals surface area contributed by atoms with Crippen LogP contribution in [0, 0.1) is 12.7 Å². The zero-order valence-electron chi connectivity index (χ0n) is 12.3. The lowest BCUT2D eigenvalue weighted by atomic mass is 10.2. The van der Waals surface area contributed by atoms with Crippen molar-refractivity contribution in [3.8, 4) is 0 Å². The molecule has 0 aliphatic rings. The van der Waals surface area contributed by atoms with Crippen molar-refractivity contribution < 1.29 is 9.18 Å². The van der Waals surface area contributed by atoms with E-state index in [1.165, 1.54) is 29.2 Å². The maximum atomic E-state index is 13.4. The van der Waals surface area contributed by atoms with Gasteiger partial charge < -0.3 is 5.32 Å². The summed E-state index contributed by atoms with van der Waals surface area (Å²) in [6.07, 6.45) is 1.09. The number of carbonyl (C=O) groups excluding carboxylic acids is 1. The summed E-state index contributed by atoms with van der Waals surface area (Å²) in [5.41, 5.74) is 1.02. The average molecular weight is 358 g/mol. The van der Waals surface area contributed by atoms with Crippen molar-refractivity contribution in [1.82, 2.24) is 10.2 Å². The van der Waals surface area contributed by atoms with Gasteiger partial charge in [-0.3, -0.25) is 4.79 Å². The Labute approximate surface area is 141 Å². The van der Waals surface area contributed by atoms with Crippen LogP contribution in [-0.4, -0.2) is 27.6 Å². The van der Waals surface area contributed by atoms with E-state index < -0.39 is 0 Å². The van der Waals surface area contributed by atoms with E-state index in [-0.39, 0.29) is 17.5 Å². The number of halogens is 1. The number of nitrogens with one attached hydrogen (secondary N) is 1. The molecule has 0 saturated heterocycles. The molecule has 1 aromatic carbocycles. The highest BCUT2D eigenvalue weighted by atomic mass is 32.2. The van der Waals surface area contributed by atoms with Gasteiger partial charge in [-0.2, -0.15) is 0 Å². The molecule has 2 aromatic rings. The van der Waals surface area contributed by atoms with Crippen molar-refractivity contribution in [3.63, 3.8) is 0 Å². The fourth-order valence-corrected chi connectivity index (χ4v) is 4.24. The highest BCUT2D eigenvalue weighted by Gasteiger charge is 2.09. The molecule has 0 bridgehead atoms. The molecule has 8 heteroatoms. The molecule has 1 N–H and O–H groups in total. The molecular formula is C14H16FN3OS3. The Balaban J connectivity index is 1.82. The van der Waals surface area contributed by atoms with Crippen LogP contribution in [0.5, 0.6) is 0 Å². The molecule has 1 aromatic heterocycles. The number of benzene rings is 1. The Kier molecular flexibility index (Phi) is 6.66. The Morgan fingerprint density at radius 2 is 2.05 bits per heavy atom. The SMILES string of the molecule is CCCSc1nnc(SCC(=O)Nc2ccc(C)c(F)c2)s1. The summed E-state index contributed by atoms with van der Waals surface area (Å²) < 4.78 is 15.1. The Morgan fingerprint density at radius 1 is 1.32 bits per heavy atom. The van der Waals surface area contributed by atoms with Crippen molar-refractivity contribution >= 4 is 46.5 Å². The first-order valence-corrected chi connectivity index (χ1v) is 9.52. The van der Waals surface area contributed by atoms with E-state index in [1.54, 1.807) is 30.8 Å². The maximum absolute atomic E-state index is 13.4. The second-order valence-corrected chi connectivity index (χ2v) is 8.03. The van der Waals surface area contributed by atoms with Crippen LogP contribution >= 0.6 is 34.9 Å². The summed E-state index contributed by atoms with van der Waals surface area (Å²) in [6.45, 7) is 3.79. The number of carbonyl (C=O) groups is 1. The van der Waals surface area contributed by atoms with Gasteiger partial charge in [0, 0.05) is 11.4 Å². The quantitative estimate of drug-likeness (QED) is 0.752. The molecule has 0 unspecified atom stereocenters. The van der Waals surface area contributed by atoms with Crippen LogP contribution in [0.2, 0.25) is 0 Å². The summed E-state index contributed by atoms with van der Waals surface area (Å²) in [4.78, 5) is 11.9. The number of thioether (sulfide) groups is 2. The fraction of sp³-hybridized carbons (Fsp3) is 0.357. The molecule has 118 valence electrons. The Bertz CT molecular complexity index is 648. The third-order valence-corrected chi connectivity index (χ3v) is 6.00. The molecule has 0 spiro atoms. The monoisotopic (exact) mass is 357 g/mol. The largest absolute Gasteiger partial charge is 0.325 e. The first-order chi connectivity index (χ1) is 10.6. The molecule has 0 saturated carbocycles. The molecule has 1 heterocycles. The average Bonchev–Trinajstić information content (AvgIpc) is 2.95. The van der Waals surface area contributed by atoms with Gasteiger partial charge >= 0.3 is 0 Å². The molecule has 4 nitrogen and oxygen atoms in total. The van der Waals surface area contributed by atoms with Gasteiger partial charge in [0.05, 0.1) is 5.75 Å². The number of hydrogen-bond donors (Lipinski definition) is 1. The van der Waals surface area contributed by atoms with Gasteiger partial charge in [-0.25, -0.2) is 4.39 Å². The lowest BCUT2D eigenvalue weighted by molar-refractivity contribution is -0.113. The van der Waals surface area contributed by atoms with Crippen LogP contribution in [0.1, 0.15) is 18.9 Å². The smallest absolute Gasteiger partial charge is 0.234 e. The van der Waals surface area contributed by atoms with Crippen LogP contribution in [-0.2, 0) is 4.79 Å². The van der Waals surface area contributed by atoms with Gasteiger partial charge in [-0.15, -0.1) is 10.2 Å². The summed E-state index contributed by atoms with van der Waals surface area (Å²) in [5.74, 6) is 0.722. The number of hydrogen-bond acceptors (Lipinski definition) is 6. The number of aryl methyl sites for hydroxylation is 1. The van der Waals surface area contributed by atoms with E-state index in [1.807, 2.05) is 0 Å². The molecule has 0 radical (unpaired) electrons. The third kappa shape index (κ3) is 5.26. The molecule has 0 aliphatic carbocycles. The highest BCUT2D eigenvalue weighted by Crippen LogP contribution is 2.29. The van der Waals surface area contributed by atoms with Crippen molar-refractivity contribution in [3.05, 3.63) is 29.6 Å². The molecule has 22 heavy (non-hydrogen) atoms. The van der Waals surface area contributed by atoms with E-state index in [2.05, 4.69) is 22.4 Å². The van der Waals surface area contributed by atoms with E-state index in [0.717, 1.165) is 20.9 Å². The van der Waals surface area contributed by atoms with Gasteiger partial charge in [0.15, 0.2) is 8.68 Å². The highest BCUT2D eigenvalue weighted by molar-refractivity contribution is 8.03. The van der Waals surface area contributed by atoms with Crippen LogP contribution in [0.4, 0.5) is 10.1 Å². The van der Waals surface area contributed by atoms with Gasteiger partial charge in [-0.1, -0.05) is 47.9 Å². The second-order valence-electron chi connectivity index (χ2n) is 4.48. The summed E-state index contributed by atoms with van der Waals surface area (Å²) >= 11 is 4.49. The predicted molar refractivity (Wildman–Crippen MR) is 91.4 cm³/mol. The molecule has 0 fully saturated rings. The fourth-order valence-electron chi connectivity index (χ4n) is 1.50. The van der Waals surface area contributed by atoms with Crippen LogP contribution in [0.3, 0.4) is 0 Å². The first-order valence-electron chi connectivity index (χ1n) is 6.73. The minimum absolute atomic E-state index is 0.189. The second kappa shape index (κ2) is 8.50. The number of rotatable bonds is 7. The molecule has 2 rings (SSSR count). The number of anilines is 1. The lowest BCUT2D eigenvalue weighted by Crippen LogP contribution is -2.14. The van der Waals surface area contributed by atoms with Crippen LogP contribution < -0.4 is 5.32 Å². The van der Waals surface area contributed by atoms with Crippen LogP contribution in [0.25, 0.3) is 0 Å². The van der Waals surface area contributed by atoms with Gasteiger partial charge in [-0.05, 0) is 31.0 Å². The zero-order valence-corrected chi connectivity index (χ0v) is 14.7. The summed E-state index contributed by atoms with van der Waals surface area (Å²) in [6, 6.07) is 4.65. The first kappa shape index (κ1) is 17.2. The zero-order chi connectivity index (χ0) is 15.9. The molecule has 1 amide bonds. The lowest BCUT2D eigenvalue weighted by Gasteiger charge is -2.05. The van der Waals surface area contributed by atoms with E-state index in [9.17, 15) is 9.18 Å². The van der Waals surface area contributed by atoms with Crippen molar-refractivity contribution in [2.75, 3.05) is 16.8 Å². The molecule has 0 atom stereocenters. The molecular weight excluding hydrogens is 341 g/mol. The number of amides is 1. The van der Waals surface area contributed by atoms with Crippen molar-refractivity contribution in [1.29, 1.82) is 0 Å². The maximum Gasteiger partial charge on any atom is 0.234 e. The summed E-state index contributed by atoms with van der Waals surface area (Å²) in [5, 5.41) is 10.8. The van der Waals surface area contributed by atoms with Gasteiger partial charge in [0.25, 0.3) is 0 Å². The number of aromatic nitrogens is 2. The third-order valence-electron chi connectivity index (χ3n) is 2.60. The van der Waals surface area contributed by atoms with E-state index in [0.29, 0.717) is 11.3 Å². The van der Waals surface area contributed by atoms with E-state index in [4.69, 9.17) is 0 Å². The Morgan fingerprint density at radius 3 is 2.73 bits per heavy atom. The predicted octanol–water partition coefficient (Wildman–Crippen LogP) is 4.22. The minimum Gasteiger partial charge on any atom is -0.325 e.